The summed E-state index contributed by atoms with van der Waals surface area (Å²) in [6.45, 7) is 0.551. The predicted molar refractivity (Wildman–Crippen MR) is 87.9 cm³/mol. The molecule has 0 atom stereocenters. The van der Waals surface area contributed by atoms with Crippen LogP contribution in [0.3, 0.4) is 0 Å². The highest BCUT2D eigenvalue weighted by Gasteiger charge is 2.01. The van der Waals surface area contributed by atoms with Crippen LogP contribution in [0.5, 0.6) is 0 Å². The van der Waals surface area contributed by atoms with Crippen LogP contribution in [0.15, 0.2) is 48.7 Å². The lowest BCUT2D eigenvalue weighted by Gasteiger charge is -2.05. The number of aromatic nitrogens is 1. The number of alkyl carbamates (subject to hydrolysis) is 1. The molecule has 2 aromatic rings. The van der Waals surface area contributed by atoms with Gasteiger partial charge in [-0.15, -0.1) is 0 Å². The zero-order valence-corrected chi connectivity index (χ0v) is 13.1. The van der Waals surface area contributed by atoms with Gasteiger partial charge in [0.2, 0.25) is 0 Å². The van der Waals surface area contributed by atoms with E-state index in [0.29, 0.717) is 22.3 Å². The van der Waals surface area contributed by atoms with Crippen LogP contribution in [0.25, 0.3) is 6.08 Å². The molecule has 0 saturated carbocycles. The van der Waals surface area contributed by atoms with Crippen LogP contribution in [0.1, 0.15) is 11.3 Å². The van der Waals surface area contributed by atoms with Crippen molar-refractivity contribution < 1.29 is 9.53 Å². The van der Waals surface area contributed by atoms with Gasteiger partial charge in [-0.3, -0.25) is 4.98 Å². The van der Waals surface area contributed by atoms with Crippen molar-refractivity contribution in [3.63, 3.8) is 0 Å². The van der Waals surface area contributed by atoms with Gasteiger partial charge in [-0.2, -0.15) is 0 Å². The number of halogens is 2. The van der Waals surface area contributed by atoms with E-state index in [0.717, 1.165) is 5.56 Å². The van der Waals surface area contributed by atoms with Gasteiger partial charge in [0.1, 0.15) is 6.61 Å². The van der Waals surface area contributed by atoms with E-state index in [4.69, 9.17) is 27.9 Å². The maximum Gasteiger partial charge on any atom is 0.407 e. The van der Waals surface area contributed by atoms with Crippen molar-refractivity contribution in [3.8, 4) is 0 Å². The highest BCUT2D eigenvalue weighted by molar-refractivity contribution is 6.35. The minimum absolute atomic E-state index is 0.237. The standard InChI is InChI=1S/C16H14Cl2N2O2/c17-13-9-14(18)15(20-10-13)7-4-8-19-16(21)22-11-12-5-2-1-3-6-12/h1-7,9-10H,8,11H2,(H,19,21). The van der Waals surface area contributed by atoms with Crippen molar-refractivity contribution in [2.45, 2.75) is 6.61 Å². The number of nitrogens with one attached hydrogen (secondary N) is 1. The Bertz CT molecular complexity index is 660. The lowest BCUT2D eigenvalue weighted by Crippen LogP contribution is -2.24. The number of hydrogen-bond donors (Lipinski definition) is 1. The Kier molecular flexibility index (Phi) is 6.25. The summed E-state index contributed by atoms with van der Waals surface area (Å²) in [5.74, 6) is 0. The van der Waals surface area contributed by atoms with E-state index >= 15 is 0 Å². The first-order valence-electron chi connectivity index (χ1n) is 6.57. The second kappa shape index (κ2) is 8.41. The number of rotatable bonds is 5. The second-order valence-electron chi connectivity index (χ2n) is 4.37. The van der Waals surface area contributed by atoms with Crippen LogP contribution in [0.4, 0.5) is 4.79 Å². The van der Waals surface area contributed by atoms with Crippen molar-refractivity contribution in [1.82, 2.24) is 10.3 Å². The Labute approximate surface area is 138 Å². The van der Waals surface area contributed by atoms with Gasteiger partial charge in [0.25, 0.3) is 0 Å². The Morgan fingerprint density at radius 1 is 1.27 bits per heavy atom. The van der Waals surface area contributed by atoms with E-state index in [1.54, 1.807) is 18.2 Å². The molecule has 0 radical (unpaired) electrons. The van der Waals surface area contributed by atoms with E-state index in [9.17, 15) is 4.79 Å². The second-order valence-corrected chi connectivity index (χ2v) is 5.21. The Balaban J connectivity index is 1.73. The third-order valence-corrected chi connectivity index (χ3v) is 3.20. The number of nitrogens with zero attached hydrogens (tertiary/aromatic N) is 1. The van der Waals surface area contributed by atoms with Gasteiger partial charge in [0.15, 0.2) is 0 Å². The molecule has 0 aliphatic carbocycles. The molecule has 6 heteroatoms. The van der Waals surface area contributed by atoms with E-state index in [1.807, 2.05) is 30.3 Å². The number of amides is 1. The number of carbonyl (C=O) groups is 1. The van der Waals surface area contributed by atoms with Crippen LogP contribution in [-0.4, -0.2) is 17.6 Å². The minimum Gasteiger partial charge on any atom is -0.445 e. The summed E-state index contributed by atoms with van der Waals surface area (Å²) < 4.78 is 5.08. The third kappa shape index (κ3) is 5.39. The summed E-state index contributed by atoms with van der Waals surface area (Å²) in [4.78, 5) is 15.6. The maximum absolute atomic E-state index is 11.5. The van der Waals surface area contributed by atoms with Gasteiger partial charge in [-0.1, -0.05) is 59.6 Å². The number of ether oxygens (including phenoxy) is 1. The molecule has 4 nitrogen and oxygen atoms in total. The fraction of sp³-hybridized carbons (Fsp3) is 0.125. The van der Waals surface area contributed by atoms with Gasteiger partial charge in [-0.25, -0.2) is 4.79 Å². The Morgan fingerprint density at radius 3 is 2.77 bits per heavy atom. The van der Waals surface area contributed by atoms with Crippen molar-refractivity contribution in [2.24, 2.45) is 0 Å². The first-order valence-corrected chi connectivity index (χ1v) is 7.33. The summed E-state index contributed by atoms with van der Waals surface area (Å²) in [6.07, 6.45) is 4.46. The predicted octanol–water partition coefficient (Wildman–Crippen LogP) is 4.33. The van der Waals surface area contributed by atoms with Gasteiger partial charge >= 0.3 is 6.09 Å². The van der Waals surface area contributed by atoms with Crippen LogP contribution in [0.2, 0.25) is 10.0 Å². The minimum atomic E-state index is -0.483. The van der Waals surface area contributed by atoms with Gasteiger partial charge in [0, 0.05) is 12.7 Å². The number of pyridine rings is 1. The highest BCUT2D eigenvalue weighted by atomic mass is 35.5. The molecule has 0 saturated heterocycles. The van der Waals surface area contributed by atoms with Crippen molar-refractivity contribution >= 4 is 35.4 Å². The lowest BCUT2D eigenvalue weighted by atomic mass is 10.2. The first kappa shape index (κ1) is 16.3. The zero-order chi connectivity index (χ0) is 15.8. The normalized spacial score (nSPS) is 10.6. The summed E-state index contributed by atoms with van der Waals surface area (Å²) in [5.41, 5.74) is 1.52. The van der Waals surface area contributed by atoms with Gasteiger partial charge in [-0.05, 0) is 17.7 Å². The first-order chi connectivity index (χ1) is 10.6. The molecule has 0 unspecified atom stereocenters. The molecule has 1 N–H and O–H groups in total. The van der Waals surface area contributed by atoms with Crippen molar-refractivity contribution in [2.75, 3.05) is 6.54 Å². The number of carbonyl (C=O) groups excluding carboxylic acids is 1. The largest absolute Gasteiger partial charge is 0.445 e. The zero-order valence-electron chi connectivity index (χ0n) is 11.6. The monoisotopic (exact) mass is 336 g/mol. The molecule has 1 heterocycles. The topological polar surface area (TPSA) is 51.2 Å². The third-order valence-electron chi connectivity index (χ3n) is 2.69. The molecule has 0 fully saturated rings. The Hall–Kier alpha value is -2.04. The molecule has 1 amide bonds. The molecule has 0 aliphatic rings. The number of benzene rings is 1. The summed E-state index contributed by atoms with van der Waals surface area (Å²) in [6, 6.07) is 11.1. The lowest BCUT2D eigenvalue weighted by molar-refractivity contribution is 0.141. The molecule has 2 rings (SSSR count). The molecule has 114 valence electrons. The SMILES string of the molecule is O=C(NCC=Cc1ncc(Cl)cc1Cl)OCc1ccccc1. The fourth-order valence-electron chi connectivity index (χ4n) is 1.63. The molecular formula is C16H14Cl2N2O2. The molecule has 0 aliphatic heterocycles. The van der Waals surface area contributed by atoms with Crippen LogP contribution < -0.4 is 5.32 Å². The molecule has 22 heavy (non-hydrogen) atoms. The summed E-state index contributed by atoms with van der Waals surface area (Å²) in [7, 11) is 0. The van der Waals surface area contributed by atoms with E-state index in [-0.39, 0.29) is 6.61 Å². The quantitative estimate of drug-likeness (QED) is 0.884. The van der Waals surface area contributed by atoms with E-state index < -0.39 is 6.09 Å². The summed E-state index contributed by atoms with van der Waals surface area (Å²) >= 11 is 11.7. The summed E-state index contributed by atoms with van der Waals surface area (Å²) in [5, 5.41) is 3.54. The van der Waals surface area contributed by atoms with E-state index in [2.05, 4.69) is 10.3 Å². The molecule has 0 bridgehead atoms. The van der Waals surface area contributed by atoms with Crippen LogP contribution >= 0.6 is 23.2 Å². The smallest absolute Gasteiger partial charge is 0.407 e. The van der Waals surface area contributed by atoms with Crippen molar-refractivity contribution in [1.29, 1.82) is 0 Å². The van der Waals surface area contributed by atoms with Gasteiger partial charge in [0.05, 0.1) is 15.7 Å². The average Bonchev–Trinajstić information content (AvgIpc) is 2.52. The maximum atomic E-state index is 11.5. The van der Waals surface area contributed by atoms with Crippen LogP contribution in [0, 0.1) is 0 Å². The number of hydrogen-bond acceptors (Lipinski definition) is 3. The fourth-order valence-corrected chi connectivity index (χ4v) is 2.08. The average molecular weight is 337 g/mol. The van der Waals surface area contributed by atoms with Crippen molar-refractivity contribution in [3.05, 3.63) is 70.0 Å². The molecule has 0 spiro atoms. The van der Waals surface area contributed by atoms with E-state index in [1.165, 1.54) is 6.20 Å². The highest BCUT2D eigenvalue weighted by Crippen LogP contribution is 2.19. The molecule has 1 aromatic carbocycles. The molecule has 1 aromatic heterocycles. The molecular weight excluding hydrogens is 323 g/mol. The van der Waals surface area contributed by atoms with Crippen LogP contribution in [-0.2, 0) is 11.3 Å². The Morgan fingerprint density at radius 2 is 2.05 bits per heavy atom. The van der Waals surface area contributed by atoms with Gasteiger partial charge < -0.3 is 10.1 Å².